The summed E-state index contributed by atoms with van der Waals surface area (Å²) >= 11 is 2.61. The number of rotatable bonds is 16. The van der Waals surface area contributed by atoms with E-state index in [-0.39, 0.29) is 17.1 Å². The van der Waals surface area contributed by atoms with Gasteiger partial charge in [0.15, 0.2) is 10.8 Å². The van der Waals surface area contributed by atoms with Gasteiger partial charge < -0.3 is 24.9 Å². The van der Waals surface area contributed by atoms with E-state index in [1.165, 1.54) is 42.2 Å². The number of hydrogen-bond donors (Lipinski definition) is 2. The molecule has 12 nitrogen and oxygen atoms in total. The van der Waals surface area contributed by atoms with Crippen LogP contribution in [0, 0.1) is 0 Å². The molecule has 51 heavy (non-hydrogen) atoms. The Balaban J connectivity index is 1.79. The van der Waals surface area contributed by atoms with Crippen molar-refractivity contribution >= 4 is 141 Å². The molecule has 3 atom stereocenters. The zero-order valence-electron chi connectivity index (χ0n) is 27.9. The Morgan fingerprint density at radius 1 is 1.12 bits per heavy atom. The van der Waals surface area contributed by atoms with Crippen LogP contribution in [0.3, 0.4) is 0 Å². The first kappa shape index (κ1) is 40.5. The van der Waals surface area contributed by atoms with Gasteiger partial charge in [-0.25, -0.2) is 14.6 Å². The van der Waals surface area contributed by atoms with Crippen molar-refractivity contribution in [3.8, 4) is 0 Å². The Morgan fingerprint density at radius 3 is 2.35 bits per heavy atom. The van der Waals surface area contributed by atoms with Gasteiger partial charge in [0.2, 0.25) is 6.10 Å². The lowest BCUT2D eigenvalue weighted by molar-refractivity contribution is -0.154. The van der Waals surface area contributed by atoms with Gasteiger partial charge in [0, 0.05) is 34.4 Å². The molecular weight excluding hydrogens is 785 g/mol. The van der Waals surface area contributed by atoms with Gasteiger partial charge in [-0.15, -0.1) is 49.7 Å². The number of β-lactam (4-membered cyclic amide) rings is 1. The van der Waals surface area contributed by atoms with Crippen LogP contribution in [0.25, 0.3) is 0 Å². The standard InChI is InChI=1S/C32H34N5O7P5S2/c1-7-8-9-15-13-50-29-22(28(39)37(29)23(15)30(40)42-3)35-27(38)21(19-14-51-32(33-2)34-19)36-44-24(31(41)43-4)20-17(11-46)16(10-45)18(12-47)25(48-5)26(20)49-6/h8-12,14,22,24,29,45-47H,5-7,13H2,1-4H3,(H,33,34)(H,35,38)/b9-8?,36-21+. The molecule has 1 saturated heterocycles. The second-order valence-corrected chi connectivity index (χ2v) is 14.7. The number of fused-ring (bicyclic) bond motifs is 1. The van der Waals surface area contributed by atoms with Crippen molar-refractivity contribution in [2.75, 3.05) is 32.3 Å². The summed E-state index contributed by atoms with van der Waals surface area (Å²) in [4.78, 5) is 65.5. The Bertz CT molecular complexity index is 1890. The van der Waals surface area contributed by atoms with E-state index in [1.54, 1.807) is 35.9 Å². The van der Waals surface area contributed by atoms with E-state index >= 15 is 0 Å². The van der Waals surface area contributed by atoms with E-state index in [4.69, 9.17) is 14.3 Å². The highest BCUT2D eigenvalue weighted by atomic mass is 32.2. The Labute approximate surface area is 313 Å². The van der Waals surface area contributed by atoms with Crippen molar-refractivity contribution in [3.63, 3.8) is 0 Å². The fraction of sp³-hybridized carbons (Fsp3) is 0.281. The van der Waals surface area contributed by atoms with Crippen LogP contribution in [0.2, 0.25) is 0 Å². The Hall–Kier alpha value is -3.32. The van der Waals surface area contributed by atoms with E-state index < -0.39 is 41.3 Å². The van der Waals surface area contributed by atoms with Crippen molar-refractivity contribution in [3.05, 3.63) is 56.7 Å². The summed E-state index contributed by atoms with van der Waals surface area (Å²) < 4.78 is 10.1. The summed E-state index contributed by atoms with van der Waals surface area (Å²) in [5, 5.41) is 12.8. The van der Waals surface area contributed by atoms with Crippen LogP contribution in [0.4, 0.5) is 5.13 Å². The Kier molecular flexibility index (Phi) is 14.6. The van der Waals surface area contributed by atoms with Crippen molar-refractivity contribution in [1.29, 1.82) is 0 Å². The van der Waals surface area contributed by atoms with Crippen LogP contribution >= 0.6 is 66.1 Å². The number of nitrogens with zero attached hydrogens (tertiary/aromatic N) is 3. The van der Waals surface area contributed by atoms with Crippen LogP contribution < -0.4 is 21.2 Å². The lowest BCUT2D eigenvalue weighted by Gasteiger charge is -2.49. The molecule has 1 aromatic heterocycles. The molecule has 2 N–H and O–H groups in total. The lowest BCUT2D eigenvalue weighted by atomic mass is 9.95. The lowest BCUT2D eigenvalue weighted by Crippen LogP contribution is -2.71. The van der Waals surface area contributed by atoms with Gasteiger partial charge in [0.25, 0.3) is 11.8 Å². The molecule has 1 fully saturated rings. The molecule has 0 radical (unpaired) electrons. The second-order valence-electron chi connectivity index (χ2n) is 10.4. The number of aromatic nitrogens is 1. The maximum Gasteiger partial charge on any atom is 0.355 e. The van der Waals surface area contributed by atoms with Gasteiger partial charge >= 0.3 is 11.9 Å². The number of methoxy groups -OCH3 is 2. The molecular formula is C32H34N5O7P5S2. The molecule has 2 amide bonds. The van der Waals surface area contributed by atoms with Crippen LogP contribution in [0.15, 0.2) is 34.0 Å². The number of hydrogen-bond acceptors (Lipinski definition) is 12. The van der Waals surface area contributed by atoms with E-state index in [0.717, 1.165) is 17.3 Å². The average Bonchev–Trinajstić information content (AvgIpc) is 3.64. The minimum atomic E-state index is -1.47. The fourth-order valence-electron chi connectivity index (χ4n) is 5.30. The van der Waals surface area contributed by atoms with Gasteiger partial charge in [-0.1, -0.05) is 53.2 Å². The third kappa shape index (κ3) is 8.04. The SMILES string of the molecule is C=Pc1c(C=P)c(C=P)c(C=P)c(C(O/N=C(/C(=O)NC2C(=O)N3C(C(=O)OC)=C(C=CCC)CSC23)c2csc(NC)n2)C(=O)OC)c1P=C. The summed E-state index contributed by atoms with van der Waals surface area (Å²) in [5.74, 6) is 2.75. The normalized spacial score (nSPS) is 17.8. The summed E-state index contributed by atoms with van der Waals surface area (Å²) in [6.45, 7) is 1.96. The number of amides is 2. The molecule has 2 aromatic rings. The second kappa shape index (κ2) is 18.4. The molecule has 19 heteroatoms. The monoisotopic (exact) mass is 819 g/mol. The molecule has 0 saturated carbocycles. The molecule has 2 aliphatic heterocycles. The number of anilines is 1. The predicted octanol–water partition coefficient (Wildman–Crippen LogP) is 3.50. The molecule has 0 bridgehead atoms. The van der Waals surface area contributed by atoms with Gasteiger partial charge in [0.1, 0.15) is 22.8 Å². The van der Waals surface area contributed by atoms with Crippen molar-refractivity contribution in [1.82, 2.24) is 15.2 Å². The zero-order valence-corrected chi connectivity index (χ0v) is 34.4. The number of carbonyl (C=O) groups excluding carboxylic acids is 4. The first-order chi connectivity index (χ1) is 24.6. The smallest absolute Gasteiger partial charge is 0.355 e. The van der Waals surface area contributed by atoms with E-state index in [1.807, 2.05) is 13.0 Å². The number of nitrogens with one attached hydrogen (secondary N) is 2. The summed E-state index contributed by atoms with van der Waals surface area (Å²) in [6.07, 6.45) is 11.1. The van der Waals surface area contributed by atoms with Gasteiger partial charge in [-0.3, -0.25) is 14.5 Å². The topological polar surface area (TPSA) is 149 Å². The fourth-order valence-corrected chi connectivity index (χ4v) is 10.0. The molecule has 2 aliphatic rings. The summed E-state index contributed by atoms with van der Waals surface area (Å²) in [7, 11) is 15.8. The molecule has 4 rings (SSSR count). The van der Waals surface area contributed by atoms with E-state index in [9.17, 15) is 19.2 Å². The molecule has 0 aliphatic carbocycles. The number of oxime groups is 1. The van der Waals surface area contributed by atoms with Gasteiger partial charge in [-0.05, 0) is 46.1 Å². The number of benzene rings is 1. The minimum absolute atomic E-state index is 0.130. The van der Waals surface area contributed by atoms with Crippen molar-refractivity contribution in [2.45, 2.75) is 30.9 Å². The van der Waals surface area contributed by atoms with Crippen LogP contribution in [-0.4, -0.2) is 108 Å². The highest BCUT2D eigenvalue weighted by Crippen LogP contribution is 2.41. The third-order valence-corrected chi connectivity index (χ3v) is 12.4. The quantitative estimate of drug-likeness (QED) is 0.0849. The number of ether oxygens (including phenoxy) is 2. The number of esters is 2. The van der Waals surface area contributed by atoms with E-state index in [0.29, 0.717) is 54.9 Å². The highest BCUT2D eigenvalue weighted by molar-refractivity contribution is 8.00. The van der Waals surface area contributed by atoms with Crippen molar-refractivity contribution < 1.29 is 33.5 Å². The van der Waals surface area contributed by atoms with E-state index in [2.05, 4.69) is 60.0 Å². The highest BCUT2D eigenvalue weighted by Gasteiger charge is 2.54. The number of carbonyl (C=O) groups is 4. The molecule has 3 unspecified atom stereocenters. The van der Waals surface area contributed by atoms with Crippen LogP contribution in [0.1, 0.15) is 47.4 Å². The summed E-state index contributed by atoms with van der Waals surface area (Å²) in [6, 6.07) is -1.00. The molecule has 1 aromatic carbocycles. The third-order valence-electron chi connectivity index (χ3n) is 7.67. The Morgan fingerprint density at radius 2 is 1.80 bits per heavy atom. The first-order valence-corrected chi connectivity index (χ1v) is 20.8. The molecule has 3 heterocycles. The van der Waals surface area contributed by atoms with Crippen molar-refractivity contribution in [2.24, 2.45) is 5.16 Å². The molecule has 0 spiro atoms. The first-order valence-electron chi connectivity index (χ1n) is 15.0. The number of thioether (sulfide) groups is 1. The maximum atomic E-state index is 14.0. The molecule has 266 valence electrons. The number of thiazole rings is 1. The largest absolute Gasteiger partial charge is 0.466 e. The number of allylic oxidation sites excluding steroid dienone is 2. The zero-order chi connectivity index (χ0) is 37.4. The van der Waals surface area contributed by atoms with Gasteiger partial charge in [-0.2, -0.15) is 0 Å². The van der Waals surface area contributed by atoms with Gasteiger partial charge in [0.05, 0.1) is 14.2 Å². The van der Waals surface area contributed by atoms with Crippen LogP contribution in [0.5, 0.6) is 0 Å². The van der Waals surface area contributed by atoms with Crippen LogP contribution in [-0.2, 0) is 33.5 Å². The minimum Gasteiger partial charge on any atom is -0.466 e. The average molecular weight is 820 g/mol. The maximum absolute atomic E-state index is 14.0. The summed E-state index contributed by atoms with van der Waals surface area (Å²) in [5.41, 5.74) is 3.06. The predicted molar refractivity (Wildman–Crippen MR) is 222 cm³/mol.